The van der Waals surface area contributed by atoms with Crippen LogP contribution in [0.3, 0.4) is 0 Å². The lowest BCUT2D eigenvalue weighted by atomic mass is 10.1. The van der Waals surface area contributed by atoms with Crippen LogP contribution in [0.2, 0.25) is 4.34 Å². The minimum atomic E-state index is -1.02. The molecule has 0 fully saturated rings. The molecule has 0 aliphatic rings. The fourth-order valence-corrected chi connectivity index (χ4v) is 3.51. The predicted octanol–water partition coefficient (Wildman–Crippen LogP) is 3.89. The highest BCUT2D eigenvalue weighted by atomic mass is 35.5. The lowest BCUT2D eigenvalue weighted by Gasteiger charge is -2.33. The van der Waals surface area contributed by atoms with Gasteiger partial charge in [0.25, 0.3) is 5.91 Å². The van der Waals surface area contributed by atoms with E-state index in [2.05, 4.69) is 10.6 Å². The van der Waals surface area contributed by atoms with Crippen LogP contribution in [0.1, 0.15) is 30.4 Å². The zero-order valence-electron chi connectivity index (χ0n) is 15.9. The van der Waals surface area contributed by atoms with Gasteiger partial charge in [-0.3, -0.25) is 9.69 Å². The summed E-state index contributed by atoms with van der Waals surface area (Å²) in [6, 6.07) is 10.2. The molecule has 1 unspecified atom stereocenters. The first-order valence-electron chi connectivity index (χ1n) is 8.66. The zero-order valence-corrected chi connectivity index (χ0v) is 17.5. The third kappa shape index (κ3) is 6.12. The van der Waals surface area contributed by atoms with E-state index in [0.29, 0.717) is 14.9 Å². The summed E-state index contributed by atoms with van der Waals surface area (Å²) in [6.07, 6.45) is -1.81. The maximum atomic E-state index is 11.9. The number of aliphatic hydroxyl groups excluding tert-OH is 1. The van der Waals surface area contributed by atoms with Crippen LogP contribution in [0.25, 0.3) is 0 Å². The summed E-state index contributed by atoms with van der Waals surface area (Å²) in [4.78, 5) is 25.2. The van der Waals surface area contributed by atoms with Crippen LogP contribution in [0.5, 0.6) is 0 Å². The molecule has 0 bridgehead atoms. The Morgan fingerprint density at radius 3 is 2.29 bits per heavy atom. The fourth-order valence-electron chi connectivity index (χ4n) is 2.55. The molecule has 28 heavy (non-hydrogen) atoms. The largest absolute Gasteiger partial charge is 0.465 e. The molecule has 9 heteroatoms. The summed E-state index contributed by atoms with van der Waals surface area (Å²) in [5.74, 6) is -0.281. The Kier molecular flexibility index (Phi) is 7.29. The van der Waals surface area contributed by atoms with Crippen molar-refractivity contribution >= 4 is 46.3 Å². The van der Waals surface area contributed by atoms with Crippen molar-refractivity contribution in [2.24, 2.45) is 0 Å². The number of rotatable bonds is 7. The van der Waals surface area contributed by atoms with Crippen molar-refractivity contribution < 1.29 is 19.8 Å². The minimum Gasteiger partial charge on any atom is -0.465 e. The summed E-state index contributed by atoms with van der Waals surface area (Å²) in [5.41, 5.74) is 0.730. The summed E-state index contributed by atoms with van der Waals surface area (Å²) in [7, 11) is 0. The normalized spacial score (nSPS) is 12.3. The Morgan fingerprint density at radius 2 is 1.79 bits per heavy atom. The van der Waals surface area contributed by atoms with Crippen LogP contribution in [-0.4, -0.2) is 46.9 Å². The van der Waals surface area contributed by atoms with Crippen LogP contribution in [0.4, 0.5) is 16.2 Å². The topological polar surface area (TPSA) is 102 Å². The lowest BCUT2D eigenvalue weighted by Crippen LogP contribution is -2.45. The molecule has 0 aliphatic heterocycles. The molecule has 2 amide bonds. The van der Waals surface area contributed by atoms with Crippen molar-refractivity contribution in [3.63, 3.8) is 0 Å². The van der Waals surface area contributed by atoms with Crippen molar-refractivity contribution in [2.75, 3.05) is 23.3 Å². The quantitative estimate of drug-likeness (QED) is 0.539. The van der Waals surface area contributed by atoms with Crippen LogP contribution in [0.15, 0.2) is 36.4 Å². The van der Waals surface area contributed by atoms with E-state index in [0.717, 1.165) is 5.69 Å². The Balaban J connectivity index is 1.85. The monoisotopic (exact) mass is 425 g/mol. The van der Waals surface area contributed by atoms with Gasteiger partial charge in [-0.1, -0.05) is 11.6 Å². The number of nitrogens with one attached hydrogen (secondary N) is 2. The molecule has 1 aromatic carbocycles. The number of nitrogens with zero attached hydrogens (tertiary/aromatic N) is 1. The molecule has 2 aromatic rings. The van der Waals surface area contributed by atoms with Gasteiger partial charge < -0.3 is 20.8 Å². The SMILES string of the molecule is CC(C)(C)N(C(=O)O)c1ccc(NCC(O)CNC(=O)c2ccc(Cl)s2)cc1. The number of amides is 2. The average molecular weight is 426 g/mol. The molecule has 2 rings (SSSR count). The van der Waals surface area contributed by atoms with Gasteiger partial charge in [-0.15, -0.1) is 11.3 Å². The van der Waals surface area contributed by atoms with Gasteiger partial charge in [0.1, 0.15) is 0 Å². The summed E-state index contributed by atoms with van der Waals surface area (Å²) in [5, 5.41) is 25.2. The predicted molar refractivity (Wildman–Crippen MR) is 113 cm³/mol. The minimum absolute atomic E-state index is 0.0935. The van der Waals surface area contributed by atoms with Gasteiger partial charge in [0.2, 0.25) is 0 Å². The van der Waals surface area contributed by atoms with Crippen LogP contribution in [0, 0.1) is 0 Å². The van der Waals surface area contributed by atoms with Crippen LogP contribution < -0.4 is 15.5 Å². The van der Waals surface area contributed by atoms with E-state index < -0.39 is 17.7 Å². The second kappa shape index (κ2) is 9.27. The molecule has 0 saturated carbocycles. The van der Waals surface area contributed by atoms with E-state index in [9.17, 15) is 19.8 Å². The molecule has 4 N–H and O–H groups in total. The van der Waals surface area contributed by atoms with E-state index in [4.69, 9.17) is 11.6 Å². The van der Waals surface area contributed by atoms with Crippen molar-refractivity contribution in [2.45, 2.75) is 32.4 Å². The van der Waals surface area contributed by atoms with Crippen LogP contribution >= 0.6 is 22.9 Å². The van der Waals surface area contributed by atoms with E-state index in [1.54, 1.807) is 36.4 Å². The van der Waals surface area contributed by atoms with Gasteiger partial charge in [0.05, 0.1) is 15.3 Å². The third-order valence-electron chi connectivity index (χ3n) is 3.82. The molecule has 1 aromatic heterocycles. The number of benzene rings is 1. The van der Waals surface area contributed by atoms with Crippen molar-refractivity contribution in [1.82, 2.24) is 5.32 Å². The molecule has 0 aliphatic carbocycles. The summed E-state index contributed by atoms with van der Waals surface area (Å²) >= 11 is 6.98. The van der Waals surface area contributed by atoms with Gasteiger partial charge in [0, 0.05) is 30.0 Å². The second-order valence-electron chi connectivity index (χ2n) is 7.18. The smallest absolute Gasteiger partial charge is 0.412 e. The molecular formula is C19H24ClN3O4S. The molecule has 0 saturated heterocycles. The van der Waals surface area contributed by atoms with Gasteiger partial charge >= 0.3 is 6.09 Å². The Hall–Kier alpha value is -2.29. The molecule has 1 heterocycles. The number of hydrogen-bond donors (Lipinski definition) is 4. The van der Waals surface area contributed by atoms with Crippen molar-refractivity contribution in [3.05, 3.63) is 45.6 Å². The first-order chi connectivity index (χ1) is 13.1. The first kappa shape index (κ1) is 22.0. The standard InChI is InChI=1S/C19H24ClN3O4S/c1-19(2,3)23(18(26)27)13-6-4-12(5-7-13)21-10-14(24)11-22-17(25)15-8-9-16(20)28-15/h4-9,14,21,24H,10-11H2,1-3H3,(H,22,25)(H,26,27). The maximum Gasteiger partial charge on any atom is 0.412 e. The Morgan fingerprint density at radius 1 is 1.14 bits per heavy atom. The highest BCUT2D eigenvalue weighted by Gasteiger charge is 2.27. The molecule has 0 radical (unpaired) electrons. The molecular weight excluding hydrogens is 402 g/mol. The zero-order chi connectivity index (χ0) is 20.9. The number of carbonyl (C=O) groups is 2. The van der Waals surface area contributed by atoms with E-state index in [1.807, 2.05) is 20.8 Å². The number of thiophene rings is 1. The van der Waals surface area contributed by atoms with Crippen molar-refractivity contribution in [3.8, 4) is 0 Å². The summed E-state index contributed by atoms with van der Waals surface area (Å²) < 4.78 is 0.531. The van der Waals surface area contributed by atoms with Crippen LogP contribution in [-0.2, 0) is 0 Å². The van der Waals surface area contributed by atoms with Gasteiger partial charge in [-0.05, 0) is 57.2 Å². The van der Waals surface area contributed by atoms with E-state index in [1.165, 1.54) is 16.2 Å². The number of anilines is 2. The molecule has 152 valence electrons. The highest BCUT2D eigenvalue weighted by Crippen LogP contribution is 2.25. The maximum absolute atomic E-state index is 11.9. The van der Waals surface area contributed by atoms with Gasteiger partial charge in [-0.2, -0.15) is 0 Å². The number of aliphatic hydroxyl groups is 1. The average Bonchev–Trinajstić information content (AvgIpc) is 3.04. The van der Waals surface area contributed by atoms with Crippen molar-refractivity contribution in [1.29, 1.82) is 0 Å². The number of carboxylic acid groups (broad SMARTS) is 1. The second-order valence-corrected chi connectivity index (χ2v) is 8.90. The fraction of sp³-hybridized carbons (Fsp3) is 0.368. The number of carbonyl (C=O) groups excluding carboxylic acids is 1. The lowest BCUT2D eigenvalue weighted by molar-refractivity contribution is 0.0926. The molecule has 1 atom stereocenters. The Bertz CT molecular complexity index is 817. The molecule has 0 spiro atoms. The van der Waals surface area contributed by atoms with E-state index >= 15 is 0 Å². The number of hydrogen-bond acceptors (Lipinski definition) is 5. The van der Waals surface area contributed by atoms with Gasteiger partial charge in [-0.25, -0.2) is 4.79 Å². The highest BCUT2D eigenvalue weighted by molar-refractivity contribution is 7.17. The number of halogens is 1. The molecule has 7 nitrogen and oxygen atoms in total. The Labute approximate surface area is 172 Å². The van der Waals surface area contributed by atoms with E-state index in [-0.39, 0.29) is 19.0 Å². The first-order valence-corrected chi connectivity index (χ1v) is 9.86. The third-order valence-corrected chi connectivity index (χ3v) is 5.05. The van der Waals surface area contributed by atoms with Gasteiger partial charge in [0.15, 0.2) is 0 Å². The summed E-state index contributed by atoms with van der Waals surface area (Å²) in [6.45, 7) is 5.79.